The first kappa shape index (κ1) is 14.0. The van der Waals surface area contributed by atoms with Gasteiger partial charge in [0.2, 0.25) is 5.91 Å². The number of carbonyl (C=O) groups excluding carboxylic acids is 1. The van der Waals surface area contributed by atoms with Crippen molar-refractivity contribution in [3.8, 4) is 0 Å². The van der Waals surface area contributed by atoms with Gasteiger partial charge in [-0.3, -0.25) is 4.79 Å². The molecule has 0 aromatic heterocycles. The predicted octanol–water partition coefficient (Wildman–Crippen LogP) is 1.17. The maximum atomic E-state index is 11.5. The molecule has 1 rings (SSSR count). The van der Waals surface area contributed by atoms with Crippen molar-refractivity contribution in [2.45, 2.75) is 45.1 Å². The van der Waals surface area contributed by atoms with Gasteiger partial charge in [-0.25, -0.2) is 4.79 Å². The summed E-state index contributed by atoms with van der Waals surface area (Å²) in [6.45, 7) is 2.19. The van der Waals surface area contributed by atoms with E-state index in [9.17, 15) is 9.59 Å². The third kappa shape index (κ3) is 4.73. The number of hydrogen-bond acceptors (Lipinski definition) is 3. The molecule has 0 spiro atoms. The minimum Gasteiger partial charge on any atom is -0.480 e. The Morgan fingerprint density at radius 3 is 2.53 bits per heavy atom. The van der Waals surface area contributed by atoms with Crippen molar-refractivity contribution in [2.75, 3.05) is 13.2 Å². The Bertz CT molecular complexity index is 261. The highest BCUT2D eigenvalue weighted by atomic mass is 16.5. The number of aliphatic carboxylic acids is 1. The number of carbonyl (C=O) groups is 2. The summed E-state index contributed by atoms with van der Waals surface area (Å²) in [5, 5.41) is 11.7. The number of carboxylic acids is 1. The molecule has 17 heavy (non-hydrogen) atoms. The fourth-order valence-corrected chi connectivity index (χ4v) is 2.26. The molecule has 1 unspecified atom stereocenters. The van der Waals surface area contributed by atoms with Gasteiger partial charge in [0.15, 0.2) is 0 Å². The van der Waals surface area contributed by atoms with Crippen LogP contribution in [-0.2, 0) is 14.3 Å². The van der Waals surface area contributed by atoms with Crippen LogP contribution in [-0.4, -0.2) is 36.2 Å². The Balaban J connectivity index is 2.47. The minimum absolute atomic E-state index is 0.0619. The summed E-state index contributed by atoms with van der Waals surface area (Å²) in [6.07, 6.45) is 5.03. The summed E-state index contributed by atoms with van der Waals surface area (Å²) in [7, 11) is 0. The van der Waals surface area contributed by atoms with Crippen LogP contribution in [0.3, 0.4) is 0 Å². The molecule has 1 atom stereocenters. The van der Waals surface area contributed by atoms with E-state index in [4.69, 9.17) is 9.84 Å². The second-order valence-electron chi connectivity index (χ2n) is 4.42. The number of amides is 1. The van der Waals surface area contributed by atoms with Crippen LogP contribution < -0.4 is 5.32 Å². The summed E-state index contributed by atoms with van der Waals surface area (Å²) in [4.78, 5) is 22.6. The average Bonchev–Trinajstić information content (AvgIpc) is 2.34. The summed E-state index contributed by atoms with van der Waals surface area (Å²) in [5.41, 5.74) is 0. The summed E-state index contributed by atoms with van der Waals surface area (Å²) in [6, 6.07) is -0.761. The molecular formula is C12H21NO4. The van der Waals surface area contributed by atoms with Crippen LogP contribution in [0.5, 0.6) is 0 Å². The van der Waals surface area contributed by atoms with E-state index in [-0.39, 0.29) is 18.4 Å². The first-order chi connectivity index (χ1) is 8.15. The normalized spacial score (nSPS) is 18.6. The van der Waals surface area contributed by atoms with Crippen molar-refractivity contribution in [3.63, 3.8) is 0 Å². The molecule has 5 nitrogen and oxygen atoms in total. The highest BCUT2D eigenvalue weighted by molar-refractivity contribution is 5.84. The van der Waals surface area contributed by atoms with Crippen LogP contribution in [0, 0.1) is 5.92 Å². The van der Waals surface area contributed by atoms with Crippen LogP contribution >= 0.6 is 0 Å². The number of ether oxygens (including phenoxy) is 1. The van der Waals surface area contributed by atoms with E-state index in [0.717, 1.165) is 32.1 Å². The van der Waals surface area contributed by atoms with Gasteiger partial charge in [0, 0.05) is 6.61 Å². The third-order valence-corrected chi connectivity index (χ3v) is 3.14. The van der Waals surface area contributed by atoms with Gasteiger partial charge >= 0.3 is 5.97 Å². The lowest BCUT2D eigenvalue weighted by Crippen LogP contribution is -2.47. The first-order valence-electron chi connectivity index (χ1n) is 6.25. The lowest BCUT2D eigenvalue weighted by molar-refractivity contribution is -0.144. The largest absolute Gasteiger partial charge is 0.480 e. The maximum absolute atomic E-state index is 11.5. The molecule has 0 aromatic rings. The molecule has 0 bridgehead atoms. The van der Waals surface area contributed by atoms with E-state index < -0.39 is 12.0 Å². The molecule has 1 saturated carbocycles. The molecule has 1 amide bonds. The molecule has 0 radical (unpaired) electrons. The number of hydrogen-bond donors (Lipinski definition) is 2. The van der Waals surface area contributed by atoms with Gasteiger partial charge in [0.25, 0.3) is 0 Å². The van der Waals surface area contributed by atoms with Crippen LogP contribution in [0.2, 0.25) is 0 Å². The molecule has 1 aliphatic rings. The van der Waals surface area contributed by atoms with Crippen LogP contribution in [0.1, 0.15) is 39.0 Å². The van der Waals surface area contributed by atoms with Gasteiger partial charge in [-0.15, -0.1) is 0 Å². The SMILES string of the molecule is CCOCC(=O)NC(C(=O)O)C1CCCCC1. The Morgan fingerprint density at radius 1 is 1.35 bits per heavy atom. The van der Waals surface area contributed by atoms with E-state index in [2.05, 4.69) is 5.32 Å². The summed E-state index contributed by atoms with van der Waals surface area (Å²) < 4.78 is 4.96. The van der Waals surface area contributed by atoms with Gasteiger partial charge in [0.05, 0.1) is 0 Å². The Labute approximate surface area is 102 Å². The van der Waals surface area contributed by atoms with Crippen LogP contribution in [0.25, 0.3) is 0 Å². The Morgan fingerprint density at radius 2 is 2.00 bits per heavy atom. The molecule has 98 valence electrons. The maximum Gasteiger partial charge on any atom is 0.326 e. The highest BCUT2D eigenvalue weighted by Crippen LogP contribution is 2.26. The number of carboxylic acid groups (broad SMARTS) is 1. The van der Waals surface area contributed by atoms with E-state index in [1.54, 1.807) is 6.92 Å². The van der Waals surface area contributed by atoms with Crippen LogP contribution in [0.15, 0.2) is 0 Å². The zero-order valence-electron chi connectivity index (χ0n) is 10.3. The topological polar surface area (TPSA) is 75.6 Å². The van der Waals surface area contributed by atoms with E-state index in [1.165, 1.54) is 0 Å². The second kappa shape index (κ2) is 7.27. The molecule has 2 N–H and O–H groups in total. The number of nitrogens with one attached hydrogen (secondary N) is 1. The molecule has 0 aliphatic heterocycles. The van der Waals surface area contributed by atoms with Crippen molar-refractivity contribution in [3.05, 3.63) is 0 Å². The average molecular weight is 243 g/mol. The molecule has 0 saturated heterocycles. The van der Waals surface area contributed by atoms with E-state index >= 15 is 0 Å². The van der Waals surface area contributed by atoms with Crippen molar-refractivity contribution in [1.29, 1.82) is 0 Å². The monoisotopic (exact) mass is 243 g/mol. The summed E-state index contributed by atoms with van der Waals surface area (Å²) in [5.74, 6) is -1.22. The van der Waals surface area contributed by atoms with Gasteiger partial charge in [-0.05, 0) is 25.7 Å². The fraction of sp³-hybridized carbons (Fsp3) is 0.833. The molecule has 1 fully saturated rings. The van der Waals surface area contributed by atoms with Gasteiger partial charge in [-0.2, -0.15) is 0 Å². The van der Waals surface area contributed by atoms with Crippen LogP contribution in [0.4, 0.5) is 0 Å². The lowest BCUT2D eigenvalue weighted by atomic mass is 9.84. The zero-order chi connectivity index (χ0) is 12.7. The van der Waals surface area contributed by atoms with Crippen molar-refractivity contribution in [2.24, 2.45) is 5.92 Å². The second-order valence-corrected chi connectivity index (χ2v) is 4.42. The molecule has 1 aliphatic carbocycles. The lowest BCUT2D eigenvalue weighted by Gasteiger charge is -2.27. The Kier molecular flexibility index (Phi) is 5.97. The quantitative estimate of drug-likeness (QED) is 0.734. The van der Waals surface area contributed by atoms with Crippen molar-refractivity contribution >= 4 is 11.9 Å². The molecular weight excluding hydrogens is 222 g/mol. The Hall–Kier alpha value is -1.10. The van der Waals surface area contributed by atoms with Gasteiger partial charge in [-0.1, -0.05) is 19.3 Å². The standard InChI is InChI=1S/C12H21NO4/c1-2-17-8-10(14)13-11(12(15)16)9-6-4-3-5-7-9/h9,11H,2-8H2,1H3,(H,13,14)(H,15,16). The minimum atomic E-state index is -0.943. The molecule has 0 heterocycles. The van der Waals surface area contributed by atoms with Gasteiger partial charge in [0.1, 0.15) is 12.6 Å². The fourth-order valence-electron chi connectivity index (χ4n) is 2.26. The third-order valence-electron chi connectivity index (χ3n) is 3.14. The van der Waals surface area contributed by atoms with Gasteiger partial charge < -0.3 is 15.2 Å². The van der Waals surface area contributed by atoms with E-state index in [1.807, 2.05) is 0 Å². The highest BCUT2D eigenvalue weighted by Gasteiger charge is 2.30. The smallest absolute Gasteiger partial charge is 0.326 e. The number of rotatable bonds is 6. The zero-order valence-corrected chi connectivity index (χ0v) is 10.3. The predicted molar refractivity (Wildman–Crippen MR) is 62.6 cm³/mol. The molecule has 5 heteroatoms. The molecule has 0 aromatic carbocycles. The van der Waals surface area contributed by atoms with Crippen molar-refractivity contribution < 1.29 is 19.4 Å². The summed E-state index contributed by atoms with van der Waals surface area (Å²) >= 11 is 0. The first-order valence-corrected chi connectivity index (χ1v) is 6.25. The van der Waals surface area contributed by atoms with Crippen molar-refractivity contribution in [1.82, 2.24) is 5.32 Å². The van der Waals surface area contributed by atoms with E-state index in [0.29, 0.717) is 6.61 Å².